The van der Waals surface area contributed by atoms with Crippen LogP contribution in [0.2, 0.25) is 0 Å². The first-order valence-electron chi connectivity index (χ1n) is 9.41. The summed E-state index contributed by atoms with van der Waals surface area (Å²) in [6.45, 7) is -2.98. The van der Waals surface area contributed by atoms with Gasteiger partial charge in [-0.25, -0.2) is 0 Å². The van der Waals surface area contributed by atoms with Crippen LogP contribution in [0.1, 0.15) is 11.1 Å². The molecule has 2 amide bonds. The third-order valence-electron chi connectivity index (χ3n) is 4.57. The van der Waals surface area contributed by atoms with Gasteiger partial charge in [-0.1, -0.05) is 6.07 Å². The highest BCUT2D eigenvalue weighted by atomic mass is 32.2. The van der Waals surface area contributed by atoms with Gasteiger partial charge in [-0.3, -0.25) is 9.59 Å². The molecular weight excluding hydrogens is 440 g/mol. The Morgan fingerprint density at radius 2 is 2.00 bits per heavy atom. The molecule has 166 valence electrons. The number of nitrogens with zero attached hydrogens (tertiary/aromatic N) is 2. The molecule has 2 aromatic rings. The van der Waals surface area contributed by atoms with E-state index in [0.717, 1.165) is 0 Å². The summed E-state index contributed by atoms with van der Waals surface area (Å²) < 4.78 is 34.3. The predicted molar refractivity (Wildman–Crippen MR) is 116 cm³/mol. The monoisotopic (exact) mass is 459 g/mol. The Morgan fingerprint density at radius 3 is 2.66 bits per heavy atom. The highest BCUT2D eigenvalue weighted by Crippen LogP contribution is 2.30. The van der Waals surface area contributed by atoms with Crippen molar-refractivity contribution in [3.63, 3.8) is 0 Å². The van der Waals surface area contributed by atoms with Gasteiger partial charge in [-0.15, -0.1) is 11.8 Å². The normalized spacial score (nSPS) is 15.6. The van der Waals surface area contributed by atoms with E-state index in [1.807, 2.05) is 6.07 Å². The zero-order valence-corrected chi connectivity index (χ0v) is 17.8. The maximum Gasteiger partial charge on any atom is 0.387 e. The van der Waals surface area contributed by atoms with Gasteiger partial charge in [0.2, 0.25) is 11.8 Å². The number of carbonyl (C=O) groups excluding carboxylic acids is 2. The first kappa shape index (κ1) is 23.1. The molecule has 1 N–H and O–H groups in total. The fourth-order valence-electron chi connectivity index (χ4n) is 2.98. The summed E-state index contributed by atoms with van der Waals surface area (Å²) >= 11 is 1.46. The molecule has 32 heavy (non-hydrogen) atoms. The number of hydrogen-bond acceptors (Lipinski definition) is 6. The Labute approximate surface area is 187 Å². The quantitative estimate of drug-likeness (QED) is 0.635. The summed E-state index contributed by atoms with van der Waals surface area (Å²) in [4.78, 5) is 26.8. The van der Waals surface area contributed by atoms with Crippen LogP contribution < -0.4 is 14.8 Å². The van der Waals surface area contributed by atoms with E-state index >= 15 is 0 Å². The van der Waals surface area contributed by atoms with Crippen LogP contribution in [0.15, 0.2) is 48.5 Å². The minimum atomic E-state index is -2.98. The molecule has 1 unspecified atom stereocenters. The molecule has 0 bridgehead atoms. The molecule has 0 aliphatic carbocycles. The number of hydrogen-bond donors (Lipinski definition) is 1. The van der Waals surface area contributed by atoms with E-state index in [4.69, 9.17) is 10.00 Å². The second kappa shape index (κ2) is 10.6. The zero-order chi connectivity index (χ0) is 23.1. The van der Waals surface area contributed by atoms with Crippen LogP contribution in [-0.4, -0.2) is 48.1 Å². The minimum Gasteiger partial charge on any atom is -0.493 e. The molecule has 1 aliphatic rings. The molecule has 1 fully saturated rings. The zero-order valence-electron chi connectivity index (χ0n) is 17.0. The number of thioether (sulfide) groups is 1. The molecule has 1 atom stereocenters. The van der Waals surface area contributed by atoms with Crippen molar-refractivity contribution in [2.24, 2.45) is 0 Å². The number of carbonyl (C=O) groups is 2. The van der Waals surface area contributed by atoms with Crippen molar-refractivity contribution in [1.82, 2.24) is 4.90 Å². The van der Waals surface area contributed by atoms with E-state index in [1.54, 1.807) is 24.3 Å². The SMILES string of the molecule is COc1cc(/C=C/C(=O)N2CSCC2C(=O)Nc2ccc(C#N)cc2)ccc1OC(F)F. The standard InChI is InChI=1S/C22H19F2N3O4S/c1-30-19-10-14(4-8-18(19)31-22(23)24)5-9-20(28)27-13-32-12-17(27)21(29)26-16-6-2-15(11-25)3-7-16/h2-10,17,22H,12-13H2,1H3,(H,26,29)/b9-5+. The van der Waals surface area contributed by atoms with Gasteiger partial charge in [0.05, 0.1) is 24.6 Å². The smallest absolute Gasteiger partial charge is 0.387 e. The maximum atomic E-state index is 12.7. The number of benzene rings is 2. The van der Waals surface area contributed by atoms with Crippen LogP contribution in [0.25, 0.3) is 6.08 Å². The number of ether oxygens (including phenoxy) is 2. The fraction of sp³-hybridized carbons (Fsp3) is 0.227. The molecule has 0 spiro atoms. The van der Waals surface area contributed by atoms with E-state index in [2.05, 4.69) is 10.1 Å². The lowest BCUT2D eigenvalue weighted by Crippen LogP contribution is -2.43. The summed E-state index contributed by atoms with van der Waals surface area (Å²) in [5.41, 5.74) is 1.56. The average molecular weight is 459 g/mol. The van der Waals surface area contributed by atoms with Gasteiger partial charge in [0.25, 0.3) is 0 Å². The number of halogens is 2. The lowest BCUT2D eigenvalue weighted by molar-refractivity contribution is -0.132. The first-order chi connectivity index (χ1) is 15.4. The van der Waals surface area contributed by atoms with E-state index in [1.165, 1.54) is 54.1 Å². The molecule has 1 saturated heterocycles. The lowest BCUT2D eigenvalue weighted by atomic mass is 10.1. The summed E-state index contributed by atoms with van der Waals surface area (Å²) in [6, 6.07) is 12.1. The summed E-state index contributed by atoms with van der Waals surface area (Å²) in [6.07, 6.45) is 2.83. The van der Waals surface area contributed by atoms with Gasteiger partial charge in [-0.05, 0) is 48.0 Å². The first-order valence-corrected chi connectivity index (χ1v) is 10.6. The van der Waals surface area contributed by atoms with E-state index < -0.39 is 12.7 Å². The van der Waals surface area contributed by atoms with Crippen LogP contribution in [0, 0.1) is 11.3 Å². The van der Waals surface area contributed by atoms with Gasteiger partial charge in [0.1, 0.15) is 6.04 Å². The van der Waals surface area contributed by atoms with Crippen LogP contribution in [0.3, 0.4) is 0 Å². The van der Waals surface area contributed by atoms with Gasteiger partial charge < -0.3 is 19.7 Å². The van der Waals surface area contributed by atoms with Gasteiger partial charge in [-0.2, -0.15) is 14.0 Å². The second-order valence-electron chi connectivity index (χ2n) is 6.62. The molecule has 3 rings (SSSR count). The predicted octanol–water partition coefficient (Wildman–Crippen LogP) is 3.72. The Balaban J connectivity index is 1.66. The Bertz CT molecular complexity index is 1050. The number of nitrogens with one attached hydrogen (secondary N) is 1. The third kappa shape index (κ3) is 5.76. The molecule has 7 nitrogen and oxygen atoms in total. The number of rotatable bonds is 7. The van der Waals surface area contributed by atoms with Crippen molar-refractivity contribution in [3.05, 3.63) is 59.7 Å². The van der Waals surface area contributed by atoms with Crippen LogP contribution in [0.4, 0.5) is 14.5 Å². The van der Waals surface area contributed by atoms with Crippen LogP contribution >= 0.6 is 11.8 Å². The van der Waals surface area contributed by atoms with Crippen molar-refractivity contribution in [2.75, 3.05) is 24.1 Å². The van der Waals surface area contributed by atoms with Crippen molar-refractivity contribution >= 4 is 35.3 Å². The molecule has 2 aromatic carbocycles. The van der Waals surface area contributed by atoms with E-state index in [9.17, 15) is 18.4 Å². The molecule has 0 aromatic heterocycles. The van der Waals surface area contributed by atoms with Gasteiger partial charge in [0.15, 0.2) is 11.5 Å². The van der Waals surface area contributed by atoms with Crippen molar-refractivity contribution < 1.29 is 27.8 Å². The van der Waals surface area contributed by atoms with Crippen molar-refractivity contribution in [2.45, 2.75) is 12.7 Å². The summed E-state index contributed by atoms with van der Waals surface area (Å²) in [5, 5.41) is 11.6. The maximum absolute atomic E-state index is 12.7. The number of alkyl halides is 2. The lowest BCUT2D eigenvalue weighted by Gasteiger charge is -2.21. The highest BCUT2D eigenvalue weighted by Gasteiger charge is 2.33. The molecule has 1 aliphatic heterocycles. The average Bonchev–Trinajstić information content (AvgIpc) is 3.28. The molecule has 0 saturated carbocycles. The van der Waals surface area contributed by atoms with Crippen LogP contribution in [-0.2, 0) is 9.59 Å². The summed E-state index contributed by atoms with van der Waals surface area (Å²) in [7, 11) is 1.32. The minimum absolute atomic E-state index is 0.108. The molecule has 0 radical (unpaired) electrons. The second-order valence-corrected chi connectivity index (χ2v) is 7.62. The fourth-order valence-corrected chi connectivity index (χ4v) is 4.14. The number of amides is 2. The third-order valence-corrected chi connectivity index (χ3v) is 5.58. The molecule has 1 heterocycles. The largest absolute Gasteiger partial charge is 0.493 e. The Morgan fingerprint density at radius 1 is 1.25 bits per heavy atom. The Hall–Kier alpha value is -3.58. The van der Waals surface area contributed by atoms with Gasteiger partial charge in [0, 0.05) is 17.5 Å². The molecule has 10 heteroatoms. The van der Waals surface area contributed by atoms with E-state index in [-0.39, 0.29) is 23.3 Å². The highest BCUT2D eigenvalue weighted by molar-refractivity contribution is 7.99. The number of anilines is 1. The van der Waals surface area contributed by atoms with Crippen molar-refractivity contribution in [1.29, 1.82) is 5.26 Å². The van der Waals surface area contributed by atoms with Gasteiger partial charge >= 0.3 is 6.61 Å². The number of nitriles is 1. The summed E-state index contributed by atoms with van der Waals surface area (Å²) in [5.74, 6) is 0.130. The van der Waals surface area contributed by atoms with Crippen molar-refractivity contribution in [3.8, 4) is 17.6 Å². The molecular formula is C22H19F2N3O4S. The van der Waals surface area contributed by atoms with E-state index in [0.29, 0.717) is 28.4 Å². The van der Waals surface area contributed by atoms with Crippen LogP contribution in [0.5, 0.6) is 11.5 Å². The number of methoxy groups -OCH3 is 1. The Kier molecular flexibility index (Phi) is 7.68. The topological polar surface area (TPSA) is 91.7 Å².